The van der Waals surface area contributed by atoms with Gasteiger partial charge in [-0.15, -0.1) is 0 Å². The molecule has 10 nitrogen and oxygen atoms in total. The quantitative estimate of drug-likeness (QED) is 0.0550. The predicted molar refractivity (Wildman–Crippen MR) is 183 cm³/mol. The predicted octanol–water partition coefficient (Wildman–Crippen LogP) is 6.97. The molecule has 0 aliphatic heterocycles. The second kappa shape index (κ2) is 35.2. The van der Waals surface area contributed by atoms with Crippen molar-refractivity contribution in [1.82, 2.24) is 0 Å². The summed E-state index contributed by atoms with van der Waals surface area (Å²) in [5, 5.41) is 0. The Bertz CT molecular complexity index is 808. The lowest BCUT2D eigenvalue weighted by Gasteiger charge is -2.09. The minimum absolute atomic E-state index is 0.135. The van der Waals surface area contributed by atoms with Crippen molar-refractivity contribution in [3.05, 3.63) is 35.9 Å². The van der Waals surface area contributed by atoms with Crippen LogP contribution in [0.4, 0.5) is 0 Å². The number of hydrogen-bond donors (Lipinski definition) is 0. The van der Waals surface area contributed by atoms with E-state index in [0.29, 0.717) is 91.3 Å². The summed E-state index contributed by atoms with van der Waals surface area (Å²) in [5.74, 6) is -0.491. The fourth-order valence-electron chi connectivity index (χ4n) is 4.63. The highest BCUT2D eigenvalue weighted by Crippen LogP contribution is 2.13. The molecule has 1 rings (SSSR count). The monoisotopic (exact) mass is 668 g/mol. The summed E-state index contributed by atoms with van der Waals surface area (Å²) in [6, 6.07) is 8.86. The second-order valence-corrected chi connectivity index (χ2v) is 11.4. The number of esters is 2. The summed E-state index contributed by atoms with van der Waals surface area (Å²) in [7, 11) is 0. The normalized spacial score (nSPS) is 11.2. The van der Waals surface area contributed by atoms with Crippen molar-refractivity contribution in [1.29, 1.82) is 0 Å². The molecule has 0 saturated carbocycles. The standard InChI is InChI=1S/C37H64O10/c1-2-3-4-5-6-7-8-9-10-11-12-13-17-20-36(38)46-33-31-44-29-27-42-25-23-40-21-22-41-24-26-43-28-30-45-32-34-47-37(39)35-18-15-14-16-19-35/h14-16,18-19H,2-13,17,20-34H2,1H3. The second-order valence-electron chi connectivity index (χ2n) is 11.4. The third-order valence-corrected chi connectivity index (χ3v) is 7.31. The van der Waals surface area contributed by atoms with Crippen LogP contribution in [-0.2, 0) is 42.7 Å². The van der Waals surface area contributed by atoms with Crippen molar-refractivity contribution in [2.45, 2.75) is 96.8 Å². The first-order valence-corrected chi connectivity index (χ1v) is 18.1. The molecule has 47 heavy (non-hydrogen) atoms. The van der Waals surface area contributed by atoms with E-state index in [1.807, 2.05) is 6.07 Å². The molecule has 0 radical (unpaired) electrons. The minimum Gasteiger partial charge on any atom is -0.463 e. The minimum atomic E-state index is -0.355. The number of benzene rings is 1. The van der Waals surface area contributed by atoms with Crippen LogP contribution in [0, 0.1) is 0 Å². The third-order valence-electron chi connectivity index (χ3n) is 7.31. The molecule has 0 atom stereocenters. The van der Waals surface area contributed by atoms with Crippen molar-refractivity contribution in [3.63, 3.8) is 0 Å². The van der Waals surface area contributed by atoms with Crippen LogP contribution < -0.4 is 0 Å². The molecule has 1 aromatic rings. The first kappa shape index (κ1) is 42.9. The lowest BCUT2D eigenvalue weighted by Crippen LogP contribution is -2.15. The van der Waals surface area contributed by atoms with Crippen molar-refractivity contribution < 1.29 is 47.5 Å². The van der Waals surface area contributed by atoms with Crippen LogP contribution in [-0.4, -0.2) is 104 Å². The summed E-state index contributed by atoms with van der Waals surface area (Å²) in [6.07, 6.45) is 17.3. The maximum atomic E-state index is 11.8. The van der Waals surface area contributed by atoms with Gasteiger partial charge in [-0.05, 0) is 18.6 Å². The Morgan fingerprint density at radius 2 is 0.766 bits per heavy atom. The Balaban J connectivity index is 1.68. The van der Waals surface area contributed by atoms with Crippen molar-refractivity contribution in [3.8, 4) is 0 Å². The highest BCUT2D eigenvalue weighted by molar-refractivity contribution is 5.89. The molecular formula is C37H64O10. The lowest BCUT2D eigenvalue weighted by atomic mass is 10.0. The molecular weight excluding hydrogens is 604 g/mol. The lowest BCUT2D eigenvalue weighted by molar-refractivity contribution is -0.145. The van der Waals surface area contributed by atoms with E-state index in [1.165, 1.54) is 70.6 Å². The number of unbranched alkanes of at least 4 members (excludes halogenated alkanes) is 12. The van der Waals surface area contributed by atoms with Gasteiger partial charge >= 0.3 is 11.9 Å². The zero-order valence-electron chi connectivity index (χ0n) is 29.3. The smallest absolute Gasteiger partial charge is 0.338 e. The molecule has 0 saturated heterocycles. The van der Waals surface area contributed by atoms with Crippen LogP contribution in [0.5, 0.6) is 0 Å². The molecule has 0 aliphatic carbocycles. The number of ether oxygens (including phenoxy) is 8. The Kier molecular flexibility index (Phi) is 32.2. The number of carbonyl (C=O) groups is 2. The molecule has 0 spiro atoms. The summed E-state index contributed by atoms with van der Waals surface area (Å²) >= 11 is 0. The van der Waals surface area contributed by atoms with Crippen LogP contribution in [0.15, 0.2) is 30.3 Å². The topological polar surface area (TPSA) is 108 Å². The Labute approximate surface area is 284 Å². The van der Waals surface area contributed by atoms with Crippen LogP contribution in [0.1, 0.15) is 107 Å². The number of hydrogen-bond acceptors (Lipinski definition) is 10. The maximum Gasteiger partial charge on any atom is 0.338 e. The van der Waals surface area contributed by atoms with Gasteiger partial charge in [0.15, 0.2) is 0 Å². The Morgan fingerprint density at radius 3 is 1.17 bits per heavy atom. The zero-order valence-corrected chi connectivity index (χ0v) is 29.3. The van der Waals surface area contributed by atoms with E-state index in [2.05, 4.69) is 6.92 Å². The van der Waals surface area contributed by atoms with Gasteiger partial charge in [-0.2, -0.15) is 0 Å². The molecule has 0 amide bonds. The van der Waals surface area contributed by atoms with Crippen LogP contribution in [0.3, 0.4) is 0 Å². The molecule has 0 N–H and O–H groups in total. The average Bonchev–Trinajstić information content (AvgIpc) is 3.09. The van der Waals surface area contributed by atoms with E-state index in [1.54, 1.807) is 24.3 Å². The molecule has 0 aromatic heterocycles. The van der Waals surface area contributed by atoms with Crippen molar-refractivity contribution in [2.75, 3.05) is 92.5 Å². The summed E-state index contributed by atoms with van der Waals surface area (Å²) in [6.45, 7) is 8.09. The molecule has 0 fully saturated rings. The van der Waals surface area contributed by atoms with Gasteiger partial charge in [-0.3, -0.25) is 4.79 Å². The molecule has 272 valence electrons. The van der Waals surface area contributed by atoms with Gasteiger partial charge in [0.1, 0.15) is 13.2 Å². The highest BCUT2D eigenvalue weighted by atomic mass is 16.6. The fourth-order valence-corrected chi connectivity index (χ4v) is 4.63. The van der Waals surface area contributed by atoms with E-state index in [-0.39, 0.29) is 25.2 Å². The molecule has 0 aliphatic rings. The molecule has 1 aromatic carbocycles. The summed E-state index contributed by atoms with van der Waals surface area (Å²) in [5.41, 5.74) is 0.526. The van der Waals surface area contributed by atoms with Gasteiger partial charge in [-0.25, -0.2) is 4.79 Å². The Morgan fingerprint density at radius 1 is 0.426 bits per heavy atom. The van der Waals surface area contributed by atoms with Gasteiger partial charge in [-0.1, -0.05) is 102 Å². The number of carbonyl (C=O) groups excluding carboxylic acids is 2. The molecule has 10 heteroatoms. The van der Waals surface area contributed by atoms with E-state index >= 15 is 0 Å². The zero-order chi connectivity index (χ0) is 33.7. The van der Waals surface area contributed by atoms with Crippen molar-refractivity contribution in [2.24, 2.45) is 0 Å². The van der Waals surface area contributed by atoms with Gasteiger partial charge in [0.05, 0.1) is 84.8 Å². The fraction of sp³-hybridized carbons (Fsp3) is 0.784. The van der Waals surface area contributed by atoms with Crippen LogP contribution >= 0.6 is 0 Å². The van der Waals surface area contributed by atoms with Crippen LogP contribution in [0.2, 0.25) is 0 Å². The number of rotatable bonds is 36. The highest BCUT2D eigenvalue weighted by Gasteiger charge is 2.05. The van der Waals surface area contributed by atoms with Gasteiger partial charge < -0.3 is 37.9 Å². The van der Waals surface area contributed by atoms with Crippen molar-refractivity contribution >= 4 is 11.9 Å². The molecule has 0 unspecified atom stereocenters. The largest absolute Gasteiger partial charge is 0.463 e. The van der Waals surface area contributed by atoms with E-state index in [9.17, 15) is 9.59 Å². The van der Waals surface area contributed by atoms with Gasteiger partial charge in [0.2, 0.25) is 0 Å². The first-order chi connectivity index (χ1) is 23.2. The SMILES string of the molecule is CCCCCCCCCCCCCCCC(=O)OCCOCCOCCOCCOCCOCCOCCOC(=O)c1ccccc1. The summed E-state index contributed by atoms with van der Waals surface area (Å²) < 4.78 is 43.1. The average molecular weight is 669 g/mol. The van der Waals surface area contributed by atoms with E-state index in [0.717, 1.165) is 12.8 Å². The maximum absolute atomic E-state index is 11.8. The summed E-state index contributed by atoms with van der Waals surface area (Å²) in [4.78, 5) is 23.6. The van der Waals surface area contributed by atoms with Gasteiger partial charge in [0.25, 0.3) is 0 Å². The first-order valence-electron chi connectivity index (χ1n) is 18.1. The van der Waals surface area contributed by atoms with Crippen LogP contribution in [0.25, 0.3) is 0 Å². The van der Waals surface area contributed by atoms with E-state index in [4.69, 9.17) is 37.9 Å². The third kappa shape index (κ3) is 31.0. The molecule has 0 bridgehead atoms. The Hall–Kier alpha value is -2.08. The van der Waals surface area contributed by atoms with Gasteiger partial charge in [0, 0.05) is 6.42 Å². The van der Waals surface area contributed by atoms with E-state index < -0.39 is 0 Å². The molecule has 0 heterocycles.